The van der Waals surface area contributed by atoms with Gasteiger partial charge in [-0.3, -0.25) is 4.79 Å². The van der Waals surface area contributed by atoms with Crippen LogP contribution in [0, 0.1) is 0 Å². The molecule has 122 valence electrons. The van der Waals surface area contributed by atoms with E-state index in [9.17, 15) is 4.79 Å². The van der Waals surface area contributed by atoms with Gasteiger partial charge in [-0.1, -0.05) is 60.7 Å². The number of halogens is 1. The number of amides is 1. The van der Waals surface area contributed by atoms with Crippen molar-refractivity contribution in [2.75, 3.05) is 0 Å². The number of benzene rings is 2. The monoisotopic (exact) mass is 330 g/mol. The topological polar surface area (TPSA) is 55.1 Å². The van der Waals surface area contributed by atoms with E-state index in [1.54, 1.807) is 0 Å². The van der Waals surface area contributed by atoms with E-state index in [0.29, 0.717) is 12.3 Å². The summed E-state index contributed by atoms with van der Waals surface area (Å²) in [7, 11) is 0. The van der Waals surface area contributed by atoms with Crippen LogP contribution in [0.1, 0.15) is 29.9 Å². The van der Waals surface area contributed by atoms with Gasteiger partial charge < -0.3 is 11.1 Å². The van der Waals surface area contributed by atoms with Crippen molar-refractivity contribution in [3.63, 3.8) is 0 Å². The molecule has 4 heteroatoms. The van der Waals surface area contributed by atoms with Gasteiger partial charge in [-0.15, -0.1) is 12.4 Å². The molecule has 1 aliphatic rings. The Morgan fingerprint density at radius 2 is 1.61 bits per heavy atom. The highest BCUT2D eigenvalue weighted by Crippen LogP contribution is 2.36. The van der Waals surface area contributed by atoms with Crippen molar-refractivity contribution in [1.82, 2.24) is 5.32 Å². The molecule has 0 radical (unpaired) electrons. The van der Waals surface area contributed by atoms with Crippen molar-refractivity contribution in [3.8, 4) is 0 Å². The van der Waals surface area contributed by atoms with Gasteiger partial charge in [-0.05, 0) is 36.3 Å². The number of nitrogens with one attached hydrogen (secondary N) is 1. The fourth-order valence-electron chi connectivity index (χ4n) is 3.00. The van der Waals surface area contributed by atoms with Crippen LogP contribution in [0.15, 0.2) is 60.7 Å². The Morgan fingerprint density at radius 3 is 2.22 bits per heavy atom. The van der Waals surface area contributed by atoms with Crippen LogP contribution >= 0.6 is 12.4 Å². The zero-order chi connectivity index (χ0) is 15.4. The smallest absolute Gasteiger partial charge is 0.237 e. The predicted molar refractivity (Wildman–Crippen MR) is 95.7 cm³/mol. The summed E-state index contributed by atoms with van der Waals surface area (Å²) in [5, 5.41) is 3.07. The van der Waals surface area contributed by atoms with Crippen molar-refractivity contribution >= 4 is 18.3 Å². The molecular formula is C19H23ClN2O. The van der Waals surface area contributed by atoms with Crippen LogP contribution in [0.3, 0.4) is 0 Å². The Kier molecular flexibility index (Phi) is 6.20. The lowest BCUT2D eigenvalue weighted by Crippen LogP contribution is -2.50. The fourth-order valence-corrected chi connectivity index (χ4v) is 3.00. The molecule has 1 amide bonds. The van der Waals surface area contributed by atoms with Crippen molar-refractivity contribution in [3.05, 3.63) is 71.8 Å². The summed E-state index contributed by atoms with van der Waals surface area (Å²) in [6.07, 6.45) is 2.60. The maximum atomic E-state index is 12.2. The van der Waals surface area contributed by atoms with Gasteiger partial charge in [0, 0.05) is 6.04 Å². The van der Waals surface area contributed by atoms with Crippen molar-refractivity contribution in [1.29, 1.82) is 0 Å². The largest absolute Gasteiger partial charge is 0.352 e. The molecule has 1 saturated carbocycles. The maximum Gasteiger partial charge on any atom is 0.237 e. The molecule has 3 N–H and O–H groups in total. The van der Waals surface area contributed by atoms with E-state index in [-0.39, 0.29) is 24.4 Å². The normalized spacial score (nSPS) is 20.7. The average Bonchev–Trinajstić information content (AvgIpc) is 2.52. The van der Waals surface area contributed by atoms with Crippen LogP contribution < -0.4 is 11.1 Å². The quantitative estimate of drug-likeness (QED) is 0.885. The van der Waals surface area contributed by atoms with Crippen LogP contribution in [0.4, 0.5) is 0 Å². The number of carbonyl (C=O) groups excluding carboxylic acids is 1. The first-order chi connectivity index (χ1) is 10.7. The molecule has 1 fully saturated rings. The van der Waals surface area contributed by atoms with Gasteiger partial charge in [-0.25, -0.2) is 0 Å². The molecule has 1 atom stereocenters. The molecule has 0 aromatic heterocycles. The molecule has 1 aliphatic carbocycles. The summed E-state index contributed by atoms with van der Waals surface area (Å²) in [4.78, 5) is 12.2. The van der Waals surface area contributed by atoms with Crippen molar-refractivity contribution < 1.29 is 4.79 Å². The molecule has 23 heavy (non-hydrogen) atoms. The Hall–Kier alpha value is -1.84. The van der Waals surface area contributed by atoms with E-state index in [4.69, 9.17) is 5.73 Å². The van der Waals surface area contributed by atoms with Crippen molar-refractivity contribution in [2.24, 2.45) is 5.73 Å². The van der Waals surface area contributed by atoms with Crippen LogP contribution in [0.2, 0.25) is 0 Å². The molecule has 0 spiro atoms. The number of hydrogen-bond acceptors (Lipinski definition) is 2. The first kappa shape index (κ1) is 17.5. The van der Waals surface area contributed by atoms with Gasteiger partial charge >= 0.3 is 0 Å². The molecule has 2 aromatic carbocycles. The zero-order valence-electron chi connectivity index (χ0n) is 13.0. The van der Waals surface area contributed by atoms with Crippen LogP contribution in [-0.4, -0.2) is 18.0 Å². The average molecular weight is 331 g/mol. The van der Waals surface area contributed by atoms with E-state index in [1.165, 1.54) is 5.56 Å². The summed E-state index contributed by atoms with van der Waals surface area (Å²) in [5.41, 5.74) is 8.47. The maximum absolute atomic E-state index is 12.2. The molecule has 2 aromatic rings. The van der Waals surface area contributed by atoms with E-state index in [0.717, 1.165) is 18.4 Å². The molecule has 3 rings (SSSR count). The molecular weight excluding hydrogens is 308 g/mol. The van der Waals surface area contributed by atoms with Crippen molar-refractivity contribution in [2.45, 2.75) is 37.3 Å². The summed E-state index contributed by atoms with van der Waals surface area (Å²) >= 11 is 0. The second-order valence-electron chi connectivity index (χ2n) is 6.08. The molecule has 0 unspecified atom stereocenters. The molecule has 0 heterocycles. The Balaban J connectivity index is 0.00000192. The highest BCUT2D eigenvalue weighted by Gasteiger charge is 2.32. The lowest BCUT2D eigenvalue weighted by molar-refractivity contribution is -0.123. The summed E-state index contributed by atoms with van der Waals surface area (Å²) < 4.78 is 0. The Morgan fingerprint density at radius 1 is 1.04 bits per heavy atom. The number of rotatable bonds is 5. The summed E-state index contributed by atoms with van der Waals surface area (Å²) in [6.45, 7) is 0. The zero-order valence-corrected chi connectivity index (χ0v) is 13.8. The third kappa shape index (κ3) is 4.57. The second kappa shape index (κ2) is 8.14. The standard InChI is InChI=1S/C19H22N2O.ClH/c20-18(11-14-7-3-1-4-8-14)19(22)21-17-12-16(13-17)15-9-5-2-6-10-15;/h1-10,16-18H,11-13,20H2,(H,21,22);1H/t16?,17?,18-;/m0./s1. The SMILES string of the molecule is Cl.N[C@@H](Cc1ccccc1)C(=O)NC1CC(c2ccccc2)C1. The minimum Gasteiger partial charge on any atom is -0.352 e. The minimum absolute atomic E-state index is 0. The summed E-state index contributed by atoms with van der Waals surface area (Å²) in [5.74, 6) is 0.525. The van der Waals surface area contributed by atoms with Gasteiger partial charge in [0.15, 0.2) is 0 Å². The van der Waals surface area contributed by atoms with Gasteiger partial charge in [0.05, 0.1) is 6.04 Å². The summed E-state index contributed by atoms with van der Waals surface area (Å²) in [6, 6.07) is 20.2. The molecule has 0 aliphatic heterocycles. The van der Waals surface area contributed by atoms with Gasteiger partial charge in [0.25, 0.3) is 0 Å². The number of carbonyl (C=O) groups is 1. The second-order valence-corrected chi connectivity index (χ2v) is 6.08. The van der Waals surface area contributed by atoms with E-state index < -0.39 is 6.04 Å². The van der Waals surface area contributed by atoms with Crippen LogP contribution in [-0.2, 0) is 11.2 Å². The lowest BCUT2D eigenvalue weighted by atomic mass is 9.76. The first-order valence-electron chi connectivity index (χ1n) is 7.87. The van der Waals surface area contributed by atoms with Gasteiger partial charge in [-0.2, -0.15) is 0 Å². The van der Waals surface area contributed by atoms with E-state index in [1.807, 2.05) is 36.4 Å². The number of nitrogens with two attached hydrogens (primary N) is 1. The van der Waals surface area contributed by atoms with E-state index in [2.05, 4.69) is 29.6 Å². The third-order valence-electron chi connectivity index (χ3n) is 4.39. The highest BCUT2D eigenvalue weighted by molar-refractivity contribution is 5.85. The third-order valence-corrected chi connectivity index (χ3v) is 4.39. The van der Waals surface area contributed by atoms with Gasteiger partial charge in [0.1, 0.15) is 0 Å². The first-order valence-corrected chi connectivity index (χ1v) is 7.87. The molecule has 0 bridgehead atoms. The lowest BCUT2D eigenvalue weighted by Gasteiger charge is -2.36. The fraction of sp³-hybridized carbons (Fsp3) is 0.316. The molecule has 3 nitrogen and oxygen atoms in total. The molecule has 0 saturated heterocycles. The minimum atomic E-state index is -0.474. The van der Waals surface area contributed by atoms with Crippen LogP contribution in [0.5, 0.6) is 0 Å². The Labute approximate surface area is 143 Å². The van der Waals surface area contributed by atoms with Crippen LogP contribution in [0.25, 0.3) is 0 Å². The Bertz CT molecular complexity index is 612. The van der Waals surface area contributed by atoms with E-state index >= 15 is 0 Å². The number of hydrogen-bond donors (Lipinski definition) is 2. The van der Waals surface area contributed by atoms with Gasteiger partial charge in [0.2, 0.25) is 5.91 Å². The predicted octanol–water partition coefficient (Wildman–Crippen LogP) is 3.04. The highest BCUT2D eigenvalue weighted by atomic mass is 35.5.